The third-order valence-electron chi connectivity index (χ3n) is 3.80. The first-order valence-corrected chi connectivity index (χ1v) is 7.89. The number of hydrogen-bond acceptors (Lipinski definition) is 3. The van der Waals surface area contributed by atoms with Gasteiger partial charge in [0.15, 0.2) is 0 Å². The van der Waals surface area contributed by atoms with E-state index in [0.29, 0.717) is 9.74 Å². The third-order valence-corrected chi connectivity index (χ3v) is 5.44. The van der Waals surface area contributed by atoms with Crippen molar-refractivity contribution in [2.45, 2.75) is 30.9 Å². The first-order valence-electron chi connectivity index (χ1n) is 6.26. The van der Waals surface area contributed by atoms with Gasteiger partial charge < -0.3 is 11.1 Å². The van der Waals surface area contributed by atoms with E-state index in [2.05, 4.69) is 23.7 Å². The number of nitrogens with one attached hydrogen (secondary N) is 1. The largest absolute Gasteiger partial charge is 0.389 e. The molecule has 2 nitrogen and oxygen atoms in total. The molecule has 18 heavy (non-hydrogen) atoms. The summed E-state index contributed by atoms with van der Waals surface area (Å²) in [6, 6.07) is 6.20. The van der Waals surface area contributed by atoms with E-state index in [-0.39, 0.29) is 0 Å². The fraction of sp³-hybridized carbons (Fsp3) is 0.500. The van der Waals surface area contributed by atoms with Crippen molar-refractivity contribution in [3.63, 3.8) is 0 Å². The molecule has 0 radical (unpaired) electrons. The lowest BCUT2D eigenvalue weighted by molar-refractivity contribution is 0.380. The molecule has 1 aliphatic carbocycles. The minimum atomic E-state index is 0.454. The molecule has 0 unspecified atom stereocenters. The Morgan fingerprint density at radius 1 is 1.50 bits per heavy atom. The highest BCUT2D eigenvalue weighted by atomic mass is 32.2. The van der Waals surface area contributed by atoms with Crippen LogP contribution in [0.5, 0.6) is 0 Å². The molecule has 3 N–H and O–H groups in total. The summed E-state index contributed by atoms with van der Waals surface area (Å²) in [4.78, 5) is 0.471. The highest BCUT2D eigenvalue weighted by Gasteiger charge is 2.35. The van der Waals surface area contributed by atoms with Crippen molar-refractivity contribution in [1.29, 1.82) is 0 Å². The smallest absolute Gasteiger partial charge is 0.104 e. The van der Waals surface area contributed by atoms with E-state index in [9.17, 15) is 0 Å². The van der Waals surface area contributed by atoms with Gasteiger partial charge in [0.05, 0.1) is 0 Å². The molecular formula is C14H20N2S2. The van der Waals surface area contributed by atoms with E-state index in [4.69, 9.17) is 18.0 Å². The standard InChI is InChI=1S/C14H20N2S2/c1-10-8-11(4-5-12(10)13(15)17)16-9-14(18-2)6-3-7-14/h4-5,8,16H,3,6-7,9H2,1-2H3,(H2,15,17). The van der Waals surface area contributed by atoms with Crippen LogP contribution in [-0.2, 0) is 0 Å². The summed E-state index contributed by atoms with van der Waals surface area (Å²) < 4.78 is 0.454. The van der Waals surface area contributed by atoms with Crippen LogP contribution in [0.3, 0.4) is 0 Å². The molecule has 1 aliphatic rings. The summed E-state index contributed by atoms with van der Waals surface area (Å²) >= 11 is 7.00. The predicted molar refractivity (Wildman–Crippen MR) is 85.7 cm³/mol. The normalized spacial score (nSPS) is 17.0. The number of nitrogens with two attached hydrogens (primary N) is 1. The van der Waals surface area contributed by atoms with Crippen molar-refractivity contribution in [2.24, 2.45) is 5.73 Å². The Morgan fingerprint density at radius 2 is 2.22 bits per heavy atom. The molecule has 0 saturated heterocycles. The Kier molecular flexibility index (Phi) is 4.17. The monoisotopic (exact) mass is 280 g/mol. The number of benzene rings is 1. The van der Waals surface area contributed by atoms with Gasteiger partial charge in [0.2, 0.25) is 0 Å². The van der Waals surface area contributed by atoms with Crippen molar-refractivity contribution in [2.75, 3.05) is 18.1 Å². The topological polar surface area (TPSA) is 38.0 Å². The molecule has 0 aliphatic heterocycles. The van der Waals surface area contributed by atoms with Gasteiger partial charge in [-0.25, -0.2) is 0 Å². The Bertz CT molecular complexity index is 448. The van der Waals surface area contributed by atoms with Gasteiger partial charge in [-0.1, -0.05) is 18.6 Å². The Morgan fingerprint density at radius 3 is 2.67 bits per heavy atom. The molecule has 1 saturated carbocycles. The lowest BCUT2D eigenvalue weighted by Crippen LogP contribution is -2.40. The number of aryl methyl sites for hydroxylation is 1. The fourth-order valence-corrected chi connectivity index (χ4v) is 3.48. The molecule has 1 fully saturated rings. The first kappa shape index (κ1) is 13.7. The van der Waals surface area contributed by atoms with Gasteiger partial charge in [-0.3, -0.25) is 0 Å². The predicted octanol–water partition coefficient (Wildman–Crippen LogP) is 3.33. The van der Waals surface area contributed by atoms with Gasteiger partial charge in [0.25, 0.3) is 0 Å². The van der Waals surface area contributed by atoms with Crippen LogP contribution in [0.2, 0.25) is 0 Å². The number of rotatable bonds is 5. The number of hydrogen-bond donors (Lipinski definition) is 2. The van der Waals surface area contributed by atoms with Gasteiger partial charge in [-0.2, -0.15) is 11.8 Å². The van der Waals surface area contributed by atoms with Crippen molar-refractivity contribution in [3.8, 4) is 0 Å². The van der Waals surface area contributed by atoms with Crippen LogP contribution < -0.4 is 11.1 Å². The third kappa shape index (κ3) is 2.81. The van der Waals surface area contributed by atoms with Crippen LogP contribution in [-0.4, -0.2) is 22.5 Å². The van der Waals surface area contributed by atoms with Crippen LogP contribution in [0, 0.1) is 6.92 Å². The highest BCUT2D eigenvalue weighted by molar-refractivity contribution is 8.00. The van der Waals surface area contributed by atoms with E-state index < -0.39 is 0 Å². The van der Waals surface area contributed by atoms with E-state index in [1.807, 2.05) is 24.8 Å². The minimum Gasteiger partial charge on any atom is -0.389 e. The lowest BCUT2D eigenvalue weighted by Gasteiger charge is -2.40. The maximum absolute atomic E-state index is 5.67. The van der Waals surface area contributed by atoms with Crippen LogP contribution in [0.4, 0.5) is 5.69 Å². The zero-order valence-corrected chi connectivity index (χ0v) is 12.6. The quantitative estimate of drug-likeness (QED) is 0.811. The van der Waals surface area contributed by atoms with Gasteiger partial charge >= 0.3 is 0 Å². The maximum atomic E-state index is 5.67. The van der Waals surface area contributed by atoms with Crippen LogP contribution in [0.25, 0.3) is 0 Å². The SMILES string of the molecule is CSC1(CNc2ccc(C(N)=S)c(C)c2)CCC1. The van der Waals surface area contributed by atoms with Gasteiger partial charge in [0, 0.05) is 22.5 Å². The van der Waals surface area contributed by atoms with E-state index >= 15 is 0 Å². The molecule has 0 bridgehead atoms. The molecule has 0 spiro atoms. The van der Waals surface area contributed by atoms with Gasteiger partial charge in [-0.05, 0) is 49.8 Å². The average Bonchev–Trinajstić information content (AvgIpc) is 2.27. The number of anilines is 1. The van der Waals surface area contributed by atoms with Crippen LogP contribution >= 0.6 is 24.0 Å². The second kappa shape index (κ2) is 5.49. The molecule has 4 heteroatoms. The summed E-state index contributed by atoms with van der Waals surface area (Å²) in [6.45, 7) is 3.09. The van der Waals surface area contributed by atoms with Gasteiger partial charge in [-0.15, -0.1) is 0 Å². The van der Waals surface area contributed by atoms with Crippen molar-refractivity contribution < 1.29 is 0 Å². The summed E-state index contributed by atoms with van der Waals surface area (Å²) in [5.74, 6) is 0. The molecule has 0 amide bonds. The van der Waals surface area contributed by atoms with Crippen molar-refractivity contribution in [1.82, 2.24) is 0 Å². The highest BCUT2D eigenvalue weighted by Crippen LogP contribution is 2.42. The Balaban J connectivity index is 2.02. The second-order valence-corrected chi connectivity index (χ2v) is 6.70. The molecule has 98 valence electrons. The van der Waals surface area contributed by atoms with E-state index in [1.165, 1.54) is 19.3 Å². The molecule has 1 aromatic rings. The number of thiocarbonyl (C=S) groups is 1. The zero-order valence-electron chi connectivity index (χ0n) is 11.0. The first-order chi connectivity index (χ1) is 8.56. The molecule has 1 aromatic carbocycles. The fourth-order valence-electron chi connectivity index (χ4n) is 2.34. The second-order valence-electron chi connectivity index (χ2n) is 4.99. The zero-order chi connectivity index (χ0) is 13.2. The Labute approximate surface area is 119 Å². The summed E-state index contributed by atoms with van der Waals surface area (Å²) in [6.07, 6.45) is 6.22. The van der Waals surface area contributed by atoms with Crippen LogP contribution in [0.15, 0.2) is 18.2 Å². The van der Waals surface area contributed by atoms with Crippen molar-refractivity contribution in [3.05, 3.63) is 29.3 Å². The van der Waals surface area contributed by atoms with E-state index in [0.717, 1.165) is 23.4 Å². The van der Waals surface area contributed by atoms with Crippen molar-refractivity contribution >= 4 is 34.7 Å². The lowest BCUT2D eigenvalue weighted by atomic mass is 9.84. The molecule has 0 atom stereocenters. The Hall–Kier alpha value is -0.740. The average molecular weight is 280 g/mol. The summed E-state index contributed by atoms with van der Waals surface area (Å²) in [5.41, 5.74) is 8.94. The van der Waals surface area contributed by atoms with E-state index in [1.54, 1.807) is 0 Å². The molecule has 0 heterocycles. The molecule has 2 rings (SSSR count). The number of thioether (sulfide) groups is 1. The maximum Gasteiger partial charge on any atom is 0.104 e. The van der Waals surface area contributed by atoms with Gasteiger partial charge in [0.1, 0.15) is 4.99 Å². The summed E-state index contributed by atoms with van der Waals surface area (Å²) in [5, 5.41) is 3.54. The minimum absolute atomic E-state index is 0.454. The molecular weight excluding hydrogens is 260 g/mol. The molecule has 0 aromatic heterocycles. The van der Waals surface area contributed by atoms with Crippen LogP contribution in [0.1, 0.15) is 30.4 Å². The summed E-state index contributed by atoms with van der Waals surface area (Å²) in [7, 11) is 0.